The van der Waals surface area contributed by atoms with Gasteiger partial charge in [-0.2, -0.15) is 0 Å². The molecule has 1 aliphatic rings. The Morgan fingerprint density at radius 3 is 2.43 bits per heavy atom. The van der Waals surface area contributed by atoms with Crippen molar-refractivity contribution in [1.82, 2.24) is 10.3 Å². The molecule has 4 aromatic rings. The highest BCUT2D eigenvalue weighted by Crippen LogP contribution is 2.39. The van der Waals surface area contributed by atoms with Gasteiger partial charge in [-0.25, -0.2) is 4.79 Å². The second-order valence-corrected chi connectivity index (χ2v) is 12.1. The van der Waals surface area contributed by atoms with Crippen LogP contribution < -0.4 is 10.6 Å². The molecule has 3 aromatic carbocycles. The molecule has 2 amide bonds. The molecule has 0 bridgehead atoms. The van der Waals surface area contributed by atoms with Gasteiger partial charge < -0.3 is 15.4 Å². The molecule has 0 fully saturated rings. The molecule has 1 atom stereocenters. The molecule has 216 valence electrons. The minimum absolute atomic E-state index is 0.0875. The summed E-state index contributed by atoms with van der Waals surface area (Å²) in [6, 6.07) is 22.2. The van der Waals surface area contributed by atoms with Crippen molar-refractivity contribution < 1.29 is 19.1 Å². The van der Waals surface area contributed by atoms with Gasteiger partial charge in [-0.1, -0.05) is 80.9 Å². The SMILES string of the molecule is Cc1ccc(CNC(=O)c2ccccc2NC(=O)COC(=O)c2c3c(nc4ccccc24)CCC(C(C)(C)C)C3)cc1. The van der Waals surface area contributed by atoms with Gasteiger partial charge in [-0.15, -0.1) is 0 Å². The van der Waals surface area contributed by atoms with E-state index >= 15 is 0 Å². The van der Waals surface area contributed by atoms with Gasteiger partial charge in [-0.3, -0.25) is 14.6 Å². The molecule has 2 N–H and O–H groups in total. The molecule has 7 nitrogen and oxygen atoms in total. The summed E-state index contributed by atoms with van der Waals surface area (Å²) < 4.78 is 5.59. The van der Waals surface area contributed by atoms with Crippen LogP contribution in [0.3, 0.4) is 0 Å². The Balaban J connectivity index is 1.29. The summed E-state index contributed by atoms with van der Waals surface area (Å²) in [5, 5.41) is 6.37. The van der Waals surface area contributed by atoms with Crippen molar-refractivity contribution in [2.24, 2.45) is 11.3 Å². The van der Waals surface area contributed by atoms with Gasteiger partial charge in [0.05, 0.1) is 22.3 Å². The molecule has 1 aliphatic carbocycles. The molecule has 0 saturated heterocycles. The van der Waals surface area contributed by atoms with E-state index in [2.05, 4.69) is 31.4 Å². The second kappa shape index (κ2) is 12.1. The van der Waals surface area contributed by atoms with E-state index in [1.807, 2.05) is 55.5 Å². The summed E-state index contributed by atoms with van der Waals surface area (Å²) in [5.41, 5.74) is 5.96. The van der Waals surface area contributed by atoms with Crippen molar-refractivity contribution in [1.29, 1.82) is 0 Å². The Morgan fingerprint density at radius 2 is 1.67 bits per heavy atom. The van der Waals surface area contributed by atoms with Crippen molar-refractivity contribution in [2.75, 3.05) is 11.9 Å². The predicted octanol–water partition coefficient (Wildman–Crippen LogP) is 6.42. The van der Waals surface area contributed by atoms with Gasteiger partial charge in [0.1, 0.15) is 0 Å². The number of esters is 1. The minimum atomic E-state index is -0.543. The average Bonchev–Trinajstić information content (AvgIpc) is 2.97. The number of carbonyl (C=O) groups excluding carboxylic acids is 3. The summed E-state index contributed by atoms with van der Waals surface area (Å²) in [6.45, 7) is 8.56. The molecule has 0 spiro atoms. The topological polar surface area (TPSA) is 97.4 Å². The van der Waals surface area contributed by atoms with Gasteiger partial charge in [0.2, 0.25) is 0 Å². The Morgan fingerprint density at radius 1 is 0.952 bits per heavy atom. The first kappa shape index (κ1) is 29.0. The first-order chi connectivity index (χ1) is 20.1. The number of amides is 2. The molecule has 42 heavy (non-hydrogen) atoms. The third kappa shape index (κ3) is 6.51. The number of aromatic nitrogens is 1. The van der Waals surface area contributed by atoms with Crippen LogP contribution in [0.1, 0.15) is 70.3 Å². The zero-order valence-electron chi connectivity index (χ0n) is 24.6. The van der Waals surface area contributed by atoms with Crippen LogP contribution in [0.15, 0.2) is 72.8 Å². The van der Waals surface area contributed by atoms with Gasteiger partial charge in [-0.05, 0) is 66.8 Å². The van der Waals surface area contributed by atoms with Crippen LogP contribution in [0.5, 0.6) is 0 Å². The van der Waals surface area contributed by atoms with Crippen LogP contribution in [-0.2, 0) is 28.9 Å². The first-order valence-electron chi connectivity index (χ1n) is 14.4. The van der Waals surface area contributed by atoms with E-state index in [0.717, 1.165) is 52.5 Å². The Labute approximate surface area is 246 Å². The molecule has 0 aliphatic heterocycles. The number of rotatable bonds is 7. The fourth-order valence-electron chi connectivity index (χ4n) is 5.52. The largest absolute Gasteiger partial charge is 0.452 e. The number of nitrogens with zero attached hydrogens (tertiary/aromatic N) is 1. The zero-order valence-corrected chi connectivity index (χ0v) is 24.6. The van der Waals surface area contributed by atoms with Crippen molar-refractivity contribution in [2.45, 2.75) is 53.5 Å². The van der Waals surface area contributed by atoms with Crippen LogP contribution in [0.25, 0.3) is 10.9 Å². The van der Waals surface area contributed by atoms with Crippen LogP contribution in [-0.4, -0.2) is 29.4 Å². The molecule has 1 aromatic heterocycles. The van der Waals surface area contributed by atoms with E-state index in [-0.39, 0.29) is 11.3 Å². The number of aryl methyl sites for hydroxylation is 2. The van der Waals surface area contributed by atoms with Gasteiger partial charge in [0.15, 0.2) is 6.61 Å². The third-order valence-corrected chi connectivity index (χ3v) is 8.04. The van der Waals surface area contributed by atoms with Gasteiger partial charge in [0, 0.05) is 17.6 Å². The van der Waals surface area contributed by atoms with Crippen molar-refractivity contribution in [3.8, 4) is 0 Å². The molecule has 1 unspecified atom stereocenters. The van der Waals surface area contributed by atoms with Gasteiger partial charge >= 0.3 is 5.97 Å². The molecule has 0 saturated carbocycles. The molecule has 5 rings (SSSR count). The van der Waals surface area contributed by atoms with Crippen molar-refractivity contribution >= 4 is 34.4 Å². The van der Waals surface area contributed by atoms with E-state index in [1.54, 1.807) is 24.3 Å². The van der Waals surface area contributed by atoms with Gasteiger partial charge in [0.25, 0.3) is 11.8 Å². The summed E-state index contributed by atoms with van der Waals surface area (Å²) in [5.74, 6) is -0.983. The lowest BCUT2D eigenvalue weighted by molar-refractivity contribution is -0.119. The number of hydrogen-bond acceptors (Lipinski definition) is 5. The normalized spacial score (nSPS) is 14.6. The Hall–Kier alpha value is -4.52. The average molecular weight is 564 g/mol. The lowest BCUT2D eigenvalue weighted by Crippen LogP contribution is -2.29. The fraction of sp³-hybridized carbons (Fsp3) is 0.314. The molecular weight excluding hydrogens is 526 g/mol. The lowest BCUT2D eigenvalue weighted by Gasteiger charge is -2.35. The maximum absolute atomic E-state index is 13.6. The highest BCUT2D eigenvalue weighted by molar-refractivity contribution is 6.07. The number of benzene rings is 3. The maximum atomic E-state index is 13.6. The lowest BCUT2D eigenvalue weighted by atomic mass is 9.70. The first-order valence-corrected chi connectivity index (χ1v) is 14.4. The van der Waals surface area contributed by atoms with Crippen molar-refractivity contribution in [3.63, 3.8) is 0 Å². The van der Waals surface area contributed by atoms with Crippen LogP contribution in [0.2, 0.25) is 0 Å². The number of para-hydroxylation sites is 2. The molecule has 7 heteroatoms. The number of anilines is 1. The predicted molar refractivity (Wildman–Crippen MR) is 164 cm³/mol. The zero-order chi connectivity index (χ0) is 29.9. The summed E-state index contributed by atoms with van der Waals surface area (Å²) in [4.78, 5) is 44.3. The standard InChI is InChI=1S/C35H37N3O4/c1-22-13-15-23(16-14-22)20-36-33(40)26-10-6-8-12-29(26)38-31(39)21-42-34(41)32-25-9-5-7-11-28(25)37-30-18-17-24(19-27(30)32)35(2,3)4/h5-16,24H,17-21H2,1-4H3,(H,36,40)(H,38,39). The summed E-state index contributed by atoms with van der Waals surface area (Å²) in [6.07, 6.45) is 2.54. The second-order valence-electron chi connectivity index (χ2n) is 12.1. The van der Waals surface area contributed by atoms with E-state index in [9.17, 15) is 14.4 Å². The Bertz CT molecular complexity index is 1640. The molecule has 0 radical (unpaired) electrons. The highest BCUT2D eigenvalue weighted by atomic mass is 16.5. The van der Waals surface area contributed by atoms with Crippen LogP contribution >= 0.6 is 0 Å². The Kier molecular flexibility index (Phi) is 8.39. The number of fused-ring (bicyclic) bond motifs is 2. The van der Waals surface area contributed by atoms with E-state index in [4.69, 9.17) is 9.72 Å². The smallest absolute Gasteiger partial charge is 0.339 e. The molecule has 1 heterocycles. The van der Waals surface area contributed by atoms with E-state index in [0.29, 0.717) is 29.3 Å². The maximum Gasteiger partial charge on any atom is 0.339 e. The number of pyridine rings is 1. The summed E-state index contributed by atoms with van der Waals surface area (Å²) in [7, 11) is 0. The van der Waals surface area contributed by atoms with Crippen LogP contribution in [0, 0.1) is 18.3 Å². The number of ether oxygens (including phenoxy) is 1. The van der Waals surface area contributed by atoms with Crippen molar-refractivity contribution in [3.05, 3.63) is 106 Å². The number of carbonyl (C=O) groups is 3. The number of hydrogen-bond donors (Lipinski definition) is 2. The minimum Gasteiger partial charge on any atom is -0.452 e. The fourth-order valence-corrected chi connectivity index (χ4v) is 5.52. The monoisotopic (exact) mass is 563 g/mol. The third-order valence-electron chi connectivity index (χ3n) is 8.04. The number of nitrogens with one attached hydrogen (secondary N) is 2. The highest BCUT2D eigenvalue weighted by Gasteiger charge is 2.33. The van der Waals surface area contributed by atoms with E-state index < -0.39 is 18.5 Å². The van der Waals surface area contributed by atoms with Crippen LogP contribution in [0.4, 0.5) is 5.69 Å². The quantitative estimate of drug-likeness (QED) is 0.253. The molecular formula is C35H37N3O4. The van der Waals surface area contributed by atoms with E-state index in [1.165, 1.54) is 0 Å². The summed E-state index contributed by atoms with van der Waals surface area (Å²) >= 11 is 0.